The highest BCUT2D eigenvalue weighted by Crippen LogP contribution is 2.23. The van der Waals surface area contributed by atoms with Gasteiger partial charge in [-0.3, -0.25) is 4.79 Å². The summed E-state index contributed by atoms with van der Waals surface area (Å²) < 4.78 is 38.1. The minimum Gasteiger partial charge on any atom is -0.385 e. The van der Waals surface area contributed by atoms with E-state index in [0.717, 1.165) is 5.56 Å². The van der Waals surface area contributed by atoms with E-state index in [1.165, 1.54) is 24.3 Å². The number of halogens is 3. The maximum absolute atomic E-state index is 12.7. The molecule has 1 aromatic rings. The number of oxime groups is 1. The number of nitrogens with zero attached hydrogens (tertiary/aromatic N) is 1. The van der Waals surface area contributed by atoms with Gasteiger partial charge in [-0.1, -0.05) is 35.0 Å². The van der Waals surface area contributed by atoms with Crippen LogP contribution in [0.15, 0.2) is 29.4 Å². The van der Waals surface area contributed by atoms with E-state index in [4.69, 9.17) is 5.73 Å². The SMILES string of the molecule is Cc1ccc(/C(=N/OCC(N)=O)C(F)(F)F)cc1. The molecule has 0 aliphatic rings. The third-order valence-electron chi connectivity index (χ3n) is 1.96. The molecule has 0 heterocycles. The smallest absolute Gasteiger partial charge is 0.385 e. The normalized spacial score (nSPS) is 12.3. The maximum atomic E-state index is 12.7. The molecule has 1 aromatic carbocycles. The van der Waals surface area contributed by atoms with E-state index in [1.54, 1.807) is 6.92 Å². The van der Waals surface area contributed by atoms with Crippen molar-refractivity contribution in [2.75, 3.05) is 6.61 Å². The van der Waals surface area contributed by atoms with E-state index >= 15 is 0 Å². The van der Waals surface area contributed by atoms with Crippen LogP contribution in [0, 0.1) is 6.92 Å². The molecule has 0 bridgehead atoms. The van der Waals surface area contributed by atoms with E-state index in [1.807, 2.05) is 0 Å². The standard InChI is InChI=1S/C11H11F3N2O2/c1-7-2-4-8(5-3-7)10(11(12,13)14)16-18-6-9(15)17/h2-5H,6H2,1H3,(H2,15,17)/b16-10-. The Bertz CT molecular complexity index is 452. The number of hydrogen-bond donors (Lipinski definition) is 1. The van der Waals surface area contributed by atoms with Crippen molar-refractivity contribution < 1.29 is 22.8 Å². The Morgan fingerprint density at radius 2 is 1.89 bits per heavy atom. The molecule has 0 aromatic heterocycles. The van der Waals surface area contributed by atoms with E-state index in [-0.39, 0.29) is 5.56 Å². The topological polar surface area (TPSA) is 64.7 Å². The minimum absolute atomic E-state index is 0.141. The molecule has 98 valence electrons. The summed E-state index contributed by atoms with van der Waals surface area (Å²) >= 11 is 0. The fourth-order valence-electron chi connectivity index (χ4n) is 1.14. The summed E-state index contributed by atoms with van der Waals surface area (Å²) in [7, 11) is 0. The molecular weight excluding hydrogens is 249 g/mol. The molecule has 4 nitrogen and oxygen atoms in total. The zero-order valence-corrected chi connectivity index (χ0v) is 9.49. The Labute approximate surface area is 101 Å². The van der Waals surface area contributed by atoms with Gasteiger partial charge in [0.05, 0.1) is 0 Å². The highest BCUT2D eigenvalue weighted by molar-refractivity contribution is 6.04. The number of rotatable bonds is 4. The number of benzene rings is 1. The summed E-state index contributed by atoms with van der Waals surface area (Å²) in [5.41, 5.74) is 4.20. The Hall–Kier alpha value is -2.05. The van der Waals surface area contributed by atoms with Crippen LogP contribution in [0.4, 0.5) is 13.2 Å². The van der Waals surface area contributed by atoms with Gasteiger partial charge in [0.25, 0.3) is 5.91 Å². The molecule has 0 saturated heterocycles. The summed E-state index contributed by atoms with van der Waals surface area (Å²) in [5.74, 6) is -0.899. The number of carbonyl (C=O) groups excluding carboxylic acids is 1. The van der Waals surface area contributed by atoms with Crippen LogP contribution in [0.5, 0.6) is 0 Å². The van der Waals surface area contributed by atoms with Crippen LogP contribution in [0.3, 0.4) is 0 Å². The van der Waals surface area contributed by atoms with Gasteiger partial charge in [-0.05, 0) is 6.92 Å². The fraction of sp³-hybridized carbons (Fsp3) is 0.273. The lowest BCUT2D eigenvalue weighted by Gasteiger charge is -2.10. The van der Waals surface area contributed by atoms with Crippen LogP contribution in [0.25, 0.3) is 0 Å². The Morgan fingerprint density at radius 3 is 2.33 bits per heavy atom. The van der Waals surface area contributed by atoms with Crippen LogP contribution in [-0.4, -0.2) is 24.4 Å². The van der Waals surface area contributed by atoms with Gasteiger partial charge in [0.15, 0.2) is 12.3 Å². The largest absolute Gasteiger partial charge is 0.437 e. The summed E-state index contributed by atoms with van der Waals surface area (Å²) in [4.78, 5) is 14.6. The molecular formula is C11H11F3N2O2. The van der Waals surface area contributed by atoms with Crippen LogP contribution in [-0.2, 0) is 9.63 Å². The summed E-state index contributed by atoms with van der Waals surface area (Å²) in [6, 6.07) is 5.58. The monoisotopic (exact) mass is 260 g/mol. The van der Waals surface area contributed by atoms with Crippen LogP contribution in [0.2, 0.25) is 0 Å². The number of nitrogens with two attached hydrogens (primary N) is 1. The Kier molecular flexibility index (Phi) is 4.30. The first-order valence-corrected chi connectivity index (χ1v) is 4.93. The highest BCUT2D eigenvalue weighted by Gasteiger charge is 2.37. The van der Waals surface area contributed by atoms with E-state index in [2.05, 4.69) is 9.99 Å². The fourth-order valence-corrected chi connectivity index (χ4v) is 1.14. The highest BCUT2D eigenvalue weighted by atomic mass is 19.4. The molecule has 0 aliphatic heterocycles. The predicted octanol–water partition coefficient (Wildman–Crippen LogP) is 1.76. The summed E-state index contributed by atoms with van der Waals surface area (Å²) in [6.07, 6.45) is -4.67. The van der Waals surface area contributed by atoms with Gasteiger partial charge in [-0.25, -0.2) is 0 Å². The molecule has 0 aliphatic carbocycles. The molecule has 0 radical (unpaired) electrons. The Balaban J connectivity index is 2.99. The van der Waals surface area contributed by atoms with Crippen molar-refractivity contribution in [1.29, 1.82) is 0 Å². The third kappa shape index (κ3) is 4.08. The van der Waals surface area contributed by atoms with Crippen molar-refractivity contribution in [2.45, 2.75) is 13.1 Å². The van der Waals surface area contributed by atoms with Crippen molar-refractivity contribution >= 4 is 11.6 Å². The number of primary amides is 1. The lowest BCUT2D eigenvalue weighted by Crippen LogP contribution is -2.25. The predicted molar refractivity (Wildman–Crippen MR) is 58.9 cm³/mol. The number of aryl methyl sites for hydroxylation is 1. The number of alkyl halides is 3. The zero-order chi connectivity index (χ0) is 13.8. The molecule has 1 rings (SSSR count). The molecule has 0 spiro atoms. The molecule has 0 unspecified atom stereocenters. The average molecular weight is 260 g/mol. The number of carbonyl (C=O) groups is 1. The molecule has 7 heteroatoms. The van der Waals surface area contributed by atoms with Crippen LogP contribution in [0.1, 0.15) is 11.1 Å². The van der Waals surface area contributed by atoms with Gasteiger partial charge in [0.2, 0.25) is 0 Å². The molecule has 0 saturated carbocycles. The molecule has 0 fully saturated rings. The minimum atomic E-state index is -4.67. The van der Waals surface area contributed by atoms with Gasteiger partial charge in [-0.2, -0.15) is 13.2 Å². The van der Waals surface area contributed by atoms with Crippen molar-refractivity contribution in [3.05, 3.63) is 35.4 Å². The quantitative estimate of drug-likeness (QED) is 0.662. The van der Waals surface area contributed by atoms with Gasteiger partial charge in [0, 0.05) is 5.56 Å². The molecule has 1 amide bonds. The lowest BCUT2D eigenvalue weighted by molar-refractivity contribution is -0.122. The number of amides is 1. The Morgan fingerprint density at radius 1 is 1.33 bits per heavy atom. The summed E-state index contributed by atoms with van der Waals surface area (Å²) in [5, 5.41) is 2.93. The van der Waals surface area contributed by atoms with Crippen molar-refractivity contribution in [3.63, 3.8) is 0 Å². The second-order valence-electron chi connectivity index (χ2n) is 3.54. The molecule has 2 N–H and O–H groups in total. The lowest BCUT2D eigenvalue weighted by atomic mass is 10.1. The van der Waals surface area contributed by atoms with E-state index in [0.29, 0.717) is 0 Å². The first kappa shape index (κ1) is 14.0. The second-order valence-corrected chi connectivity index (χ2v) is 3.54. The summed E-state index contributed by atoms with van der Waals surface area (Å²) in [6.45, 7) is 1.04. The number of hydrogen-bond acceptors (Lipinski definition) is 3. The van der Waals surface area contributed by atoms with E-state index in [9.17, 15) is 18.0 Å². The zero-order valence-electron chi connectivity index (χ0n) is 9.49. The van der Waals surface area contributed by atoms with Crippen molar-refractivity contribution in [2.24, 2.45) is 10.9 Å². The maximum Gasteiger partial charge on any atom is 0.437 e. The first-order valence-electron chi connectivity index (χ1n) is 4.93. The van der Waals surface area contributed by atoms with E-state index < -0.39 is 24.4 Å². The van der Waals surface area contributed by atoms with Gasteiger partial charge in [-0.15, -0.1) is 0 Å². The average Bonchev–Trinajstić information content (AvgIpc) is 2.24. The van der Waals surface area contributed by atoms with Crippen LogP contribution < -0.4 is 5.73 Å². The van der Waals surface area contributed by atoms with Gasteiger partial charge < -0.3 is 10.6 Å². The van der Waals surface area contributed by atoms with Gasteiger partial charge in [0.1, 0.15) is 0 Å². The molecule has 18 heavy (non-hydrogen) atoms. The molecule has 0 atom stereocenters. The van der Waals surface area contributed by atoms with Crippen molar-refractivity contribution in [3.8, 4) is 0 Å². The van der Waals surface area contributed by atoms with Crippen molar-refractivity contribution in [1.82, 2.24) is 0 Å². The first-order chi connectivity index (χ1) is 8.30. The third-order valence-corrected chi connectivity index (χ3v) is 1.96. The van der Waals surface area contributed by atoms with Gasteiger partial charge >= 0.3 is 6.18 Å². The van der Waals surface area contributed by atoms with Crippen LogP contribution >= 0.6 is 0 Å². The second kappa shape index (κ2) is 5.52.